The van der Waals surface area contributed by atoms with Crippen LogP contribution in [-0.4, -0.2) is 15.8 Å². The number of para-hydroxylation sites is 1. The van der Waals surface area contributed by atoms with Crippen LogP contribution in [0.1, 0.15) is 30.8 Å². The normalized spacial score (nSPS) is 12.4. The van der Waals surface area contributed by atoms with Crippen LogP contribution >= 0.6 is 11.6 Å². The van der Waals surface area contributed by atoms with E-state index in [0.29, 0.717) is 11.6 Å². The zero-order valence-electron chi connectivity index (χ0n) is 12.8. The molecule has 0 spiro atoms. The Balaban J connectivity index is 2.15. The Labute approximate surface area is 130 Å². The molecule has 1 heterocycles. The van der Waals surface area contributed by atoms with Crippen LogP contribution < -0.4 is 10.5 Å². The van der Waals surface area contributed by atoms with Crippen molar-refractivity contribution in [3.8, 4) is 5.75 Å². The van der Waals surface area contributed by atoms with Crippen molar-refractivity contribution in [1.29, 1.82) is 0 Å². The molecule has 0 aliphatic heterocycles. The van der Waals surface area contributed by atoms with Crippen molar-refractivity contribution in [2.24, 2.45) is 12.8 Å². The standard InChI is InChI=1S/C16H22ClN3O/c1-4-13-16(17)14(20(3)19-13)10-21-15-8-6-5-7-12(15)9-11(2)18/h5-8,11H,4,9-10,18H2,1-3H3. The summed E-state index contributed by atoms with van der Waals surface area (Å²) < 4.78 is 7.73. The highest BCUT2D eigenvalue weighted by molar-refractivity contribution is 6.31. The van der Waals surface area contributed by atoms with E-state index < -0.39 is 0 Å². The van der Waals surface area contributed by atoms with Crippen molar-refractivity contribution in [3.63, 3.8) is 0 Å². The highest BCUT2D eigenvalue weighted by atomic mass is 35.5. The van der Waals surface area contributed by atoms with E-state index in [4.69, 9.17) is 22.1 Å². The number of ether oxygens (including phenoxy) is 1. The van der Waals surface area contributed by atoms with Crippen LogP contribution in [0, 0.1) is 0 Å². The van der Waals surface area contributed by atoms with Gasteiger partial charge in [-0.1, -0.05) is 36.7 Å². The zero-order valence-corrected chi connectivity index (χ0v) is 13.5. The molecule has 0 radical (unpaired) electrons. The zero-order chi connectivity index (χ0) is 15.4. The average molecular weight is 308 g/mol. The van der Waals surface area contributed by atoms with E-state index in [1.807, 2.05) is 45.2 Å². The van der Waals surface area contributed by atoms with Crippen molar-refractivity contribution in [2.75, 3.05) is 0 Å². The molecule has 0 aliphatic carbocycles. The quantitative estimate of drug-likeness (QED) is 0.892. The second-order valence-electron chi connectivity index (χ2n) is 5.26. The van der Waals surface area contributed by atoms with Crippen molar-refractivity contribution in [1.82, 2.24) is 9.78 Å². The van der Waals surface area contributed by atoms with Crippen LogP contribution in [0.3, 0.4) is 0 Å². The third-order valence-corrected chi connectivity index (χ3v) is 3.82. The molecule has 2 rings (SSSR count). The molecular formula is C16H22ClN3O. The molecule has 1 atom stereocenters. The molecule has 0 aliphatic rings. The van der Waals surface area contributed by atoms with Gasteiger partial charge in [0.1, 0.15) is 12.4 Å². The van der Waals surface area contributed by atoms with Gasteiger partial charge < -0.3 is 10.5 Å². The third kappa shape index (κ3) is 3.77. The largest absolute Gasteiger partial charge is 0.487 e. The molecule has 1 aromatic heterocycles. The molecule has 0 amide bonds. The maximum atomic E-state index is 6.34. The number of hydrogen-bond acceptors (Lipinski definition) is 3. The first-order chi connectivity index (χ1) is 10.0. The van der Waals surface area contributed by atoms with Crippen LogP contribution in [0.5, 0.6) is 5.75 Å². The number of rotatable bonds is 6. The van der Waals surface area contributed by atoms with Crippen molar-refractivity contribution >= 4 is 11.6 Å². The number of benzene rings is 1. The highest BCUT2D eigenvalue weighted by Crippen LogP contribution is 2.24. The summed E-state index contributed by atoms with van der Waals surface area (Å²) in [7, 11) is 1.89. The van der Waals surface area contributed by atoms with E-state index in [9.17, 15) is 0 Å². The molecule has 21 heavy (non-hydrogen) atoms. The van der Waals surface area contributed by atoms with Crippen LogP contribution in [0.4, 0.5) is 0 Å². The molecule has 0 saturated carbocycles. The number of hydrogen-bond donors (Lipinski definition) is 1. The fourth-order valence-electron chi connectivity index (χ4n) is 2.28. The molecule has 5 heteroatoms. The van der Waals surface area contributed by atoms with Crippen molar-refractivity contribution in [2.45, 2.75) is 39.3 Å². The summed E-state index contributed by atoms with van der Waals surface area (Å²) in [6, 6.07) is 8.06. The van der Waals surface area contributed by atoms with E-state index in [-0.39, 0.29) is 6.04 Å². The second kappa shape index (κ2) is 6.96. The van der Waals surface area contributed by atoms with Gasteiger partial charge >= 0.3 is 0 Å². The van der Waals surface area contributed by atoms with E-state index >= 15 is 0 Å². The van der Waals surface area contributed by atoms with E-state index in [0.717, 1.165) is 35.5 Å². The lowest BCUT2D eigenvalue weighted by molar-refractivity contribution is 0.291. The van der Waals surface area contributed by atoms with Gasteiger partial charge in [0.15, 0.2) is 0 Å². The van der Waals surface area contributed by atoms with Gasteiger partial charge in [-0.3, -0.25) is 4.68 Å². The first-order valence-electron chi connectivity index (χ1n) is 7.19. The van der Waals surface area contributed by atoms with Gasteiger partial charge in [0.2, 0.25) is 0 Å². The molecular weight excluding hydrogens is 286 g/mol. The van der Waals surface area contributed by atoms with Crippen LogP contribution in [0.15, 0.2) is 24.3 Å². The summed E-state index contributed by atoms with van der Waals surface area (Å²) in [6.45, 7) is 4.43. The SMILES string of the molecule is CCc1nn(C)c(COc2ccccc2CC(C)N)c1Cl. The molecule has 2 aromatic rings. The van der Waals surface area contributed by atoms with Gasteiger partial charge in [0, 0.05) is 13.1 Å². The first-order valence-corrected chi connectivity index (χ1v) is 7.57. The van der Waals surface area contributed by atoms with Gasteiger partial charge in [-0.15, -0.1) is 0 Å². The summed E-state index contributed by atoms with van der Waals surface area (Å²) in [6.07, 6.45) is 1.60. The summed E-state index contributed by atoms with van der Waals surface area (Å²) in [5.74, 6) is 0.852. The van der Waals surface area contributed by atoms with Crippen molar-refractivity contribution < 1.29 is 4.74 Å². The summed E-state index contributed by atoms with van der Waals surface area (Å²) in [4.78, 5) is 0. The lowest BCUT2D eigenvalue weighted by Gasteiger charge is -2.13. The number of nitrogens with two attached hydrogens (primary N) is 1. The van der Waals surface area contributed by atoms with E-state index in [2.05, 4.69) is 5.10 Å². The summed E-state index contributed by atoms with van der Waals surface area (Å²) in [5, 5.41) is 5.10. The maximum Gasteiger partial charge on any atom is 0.131 e. The van der Waals surface area contributed by atoms with E-state index in [1.54, 1.807) is 4.68 Å². The Morgan fingerprint density at radius 3 is 2.71 bits per heavy atom. The van der Waals surface area contributed by atoms with Gasteiger partial charge in [-0.25, -0.2) is 0 Å². The Hall–Kier alpha value is -1.52. The predicted octanol–water partition coefficient (Wildman–Crippen LogP) is 3.10. The van der Waals surface area contributed by atoms with Crippen LogP contribution in [0.2, 0.25) is 5.02 Å². The van der Waals surface area contributed by atoms with E-state index in [1.165, 1.54) is 0 Å². The van der Waals surface area contributed by atoms with Gasteiger partial charge in [-0.2, -0.15) is 5.10 Å². The Kier molecular flexibility index (Phi) is 5.26. The molecule has 0 saturated heterocycles. The number of nitrogens with zero attached hydrogens (tertiary/aromatic N) is 2. The van der Waals surface area contributed by atoms with Gasteiger partial charge in [-0.05, 0) is 31.4 Å². The monoisotopic (exact) mass is 307 g/mol. The number of halogens is 1. The molecule has 4 nitrogen and oxygen atoms in total. The van der Waals surface area contributed by atoms with Gasteiger partial charge in [0.25, 0.3) is 0 Å². The third-order valence-electron chi connectivity index (χ3n) is 3.38. The minimum Gasteiger partial charge on any atom is -0.487 e. The minimum atomic E-state index is 0.0988. The smallest absolute Gasteiger partial charge is 0.131 e. The summed E-state index contributed by atoms with van der Waals surface area (Å²) in [5.41, 5.74) is 8.79. The fourth-order valence-corrected chi connectivity index (χ4v) is 2.63. The Morgan fingerprint density at radius 1 is 1.38 bits per heavy atom. The van der Waals surface area contributed by atoms with Gasteiger partial charge in [0.05, 0.1) is 16.4 Å². The van der Waals surface area contributed by atoms with Crippen LogP contribution in [0.25, 0.3) is 0 Å². The minimum absolute atomic E-state index is 0.0988. The first kappa shape index (κ1) is 15.9. The lowest BCUT2D eigenvalue weighted by Crippen LogP contribution is -2.18. The predicted molar refractivity (Wildman–Crippen MR) is 85.7 cm³/mol. The Morgan fingerprint density at radius 2 is 2.10 bits per heavy atom. The molecule has 114 valence electrons. The average Bonchev–Trinajstić information content (AvgIpc) is 2.72. The molecule has 1 aromatic carbocycles. The molecule has 1 unspecified atom stereocenters. The molecule has 0 bridgehead atoms. The maximum absolute atomic E-state index is 6.34. The lowest BCUT2D eigenvalue weighted by atomic mass is 10.1. The number of aryl methyl sites for hydroxylation is 2. The van der Waals surface area contributed by atoms with Crippen molar-refractivity contribution in [3.05, 3.63) is 46.2 Å². The topological polar surface area (TPSA) is 53.1 Å². The fraction of sp³-hybridized carbons (Fsp3) is 0.438. The Bertz CT molecular complexity index is 608. The van der Waals surface area contributed by atoms with Crippen LogP contribution in [-0.2, 0) is 26.5 Å². The number of aromatic nitrogens is 2. The second-order valence-corrected chi connectivity index (χ2v) is 5.64. The highest BCUT2D eigenvalue weighted by Gasteiger charge is 2.14. The molecule has 0 fully saturated rings. The molecule has 2 N–H and O–H groups in total. The summed E-state index contributed by atoms with van der Waals surface area (Å²) >= 11 is 6.34.